The van der Waals surface area contributed by atoms with Gasteiger partial charge in [-0.05, 0) is 12.1 Å². The zero-order valence-electron chi connectivity index (χ0n) is 10.4. The summed E-state index contributed by atoms with van der Waals surface area (Å²) < 4.78 is 61.7. The van der Waals surface area contributed by atoms with Gasteiger partial charge in [-0.2, -0.15) is 13.2 Å². The van der Waals surface area contributed by atoms with Gasteiger partial charge in [0, 0.05) is 13.0 Å². The molecule has 1 aliphatic rings. The number of carbonyl (C=O) groups excluding carboxylic acids is 1. The lowest BCUT2D eigenvalue weighted by atomic mass is 10.1. The average molecular weight is 343 g/mol. The highest BCUT2D eigenvalue weighted by Gasteiger charge is 2.43. The molecule has 1 unspecified atom stereocenters. The Morgan fingerprint density at radius 1 is 1.33 bits per heavy atom. The Kier molecular flexibility index (Phi) is 3.94. The fourth-order valence-electron chi connectivity index (χ4n) is 2.15. The van der Waals surface area contributed by atoms with Crippen LogP contribution in [0.25, 0.3) is 0 Å². The maximum absolute atomic E-state index is 13.1. The number of carbonyl (C=O) groups is 1. The molecule has 1 atom stereocenters. The van der Waals surface area contributed by atoms with Crippen molar-refractivity contribution in [1.29, 1.82) is 0 Å². The summed E-state index contributed by atoms with van der Waals surface area (Å²) in [7, 11) is -4.01. The van der Waals surface area contributed by atoms with E-state index in [1.165, 1.54) is 6.07 Å². The molecule has 5 nitrogen and oxygen atoms in total. The largest absolute Gasteiger partial charge is 0.419 e. The van der Waals surface area contributed by atoms with E-state index in [0.717, 1.165) is 17.0 Å². The van der Waals surface area contributed by atoms with E-state index >= 15 is 0 Å². The van der Waals surface area contributed by atoms with Crippen LogP contribution in [-0.4, -0.2) is 26.1 Å². The van der Waals surface area contributed by atoms with Crippen molar-refractivity contribution in [2.45, 2.75) is 17.8 Å². The highest BCUT2D eigenvalue weighted by molar-refractivity contribution is 7.89. The van der Waals surface area contributed by atoms with Crippen molar-refractivity contribution in [3.63, 3.8) is 0 Å². The van der Waals surface area contributed by atoms with Gasteiger partial charge in [0.2, 0.25) is 15.9 Å². The molecule has 0 aromatic heterocycles. The quantitative estimate of drug-likeness (QED) is 0.889. The second-order valence-corrected chi connectivity index (χ2v) is 6.80. The van der Waals surface area contributed by atoms with Crippen LogP contribution in [0.4, 0.5) is 18.9 Å². The molecule has 2 N–H and O–H groups in total. The smallest absolute Gasteiger partial charge is 0.310 e. The van der Waals surface area contributed by atoms with Gasteiger partial charge in [-0.15, -0.1) is 0 Å². The van der Waals surface area contributed by atoms with E-state index in [-0.39, 0.29) is 0 Å². The molecule has 1 amide bonds. The molecule has 1 heterocycles. The van der Waals surface area contributed by atoms with E-state index in [1.807, 2.05) is 0 Å². The lowest BCUT2D eigenvalue weighted by Gasteiger charge is -2.22. The molecule has 1 aromatic carbocycles. The second-order valence-electron chi connectivity index (χ2n) is 4.55. The molecule has 1 aromatic rings. The topological polar surface area (TPSA) is 80.5 Å². The van der Waals surface area contributed by atoms with E-state index in [0.29, 0.717) is 0 Å². The lowest BCUT2D eigenvalue weighted by molar-refractivity contribution is -0.137. The third-order valence-corrected chi connectivity index (χ3v) is 4.68. The summed E-state index contributed by atoms with van der Waals surface area (Å²) in [5, 5.41) is 3.15. The molecule has 0 radical (unpaired) electrons. The van der Waals surface area contributed by atoms with Crippen molar-refractivity contribution < 1.29 is 26.4 Å². The van der Waals surface area contributed by atoms with E-state index in [2.05, 4.69) is 0 Å². The number of rotatable bonds is 2. The SMILES string of the molecule is NS(=O)(=O)C1CC(=O)N(c2cccc(Cl)c2C(F)(F)F)C1. The van der Waals surface area contributed by atoms with E-state index in [4.69, 9.17) is 16.7 Å². The van der Waals surface area contributed by atoms with Crippen LogP contribution in [0.5, 0.6) is 0 Å². The van der Waals surface area contributed by atoms with E-state index < -0.39 is 56.6 Å². The zero-order chi connectivity index (χ0) is 16.0. The molecule has 10 heteroatoms. The predicted octanol–water partition coefficient (Wildman–Crippen LogP) is 1.75. The fraction of sp³-hybridized carbons (Fsp3) is 0.364. The van der Waals surface area contributed by atoms with Crippen LogP contribution >= 0.6 is 11.6 Å². The normalized spacial score (nSPS) is 20.1. The van der Waals surface area contributed by atoms with Gasteiger partial charge in [0.15, 0.2) is 0 Å². The Labute approximate surface area is 123 Å². The van der Waals surface area contributed by atoms with Crippen molar-refractivity contribution in [3.8, 4) is 0 Å². The summed E-state index contributed by atoms with van der Waals surface area (Å²) in [5.74, 6) is -0.748. The Morgan fingerprint density at radius 2 is 1.95 bits per heavy atom. The number of primary sulfonamides is 1. The number of nitrogens with two attached hydrogens (primary N) is 1. The average Bonchev–Trinajstić information content (AvgIpc) is 2.69. The number of amides is 1. The molecule has 1 saturated heterocycles. The Bertz CT molecular complexity index is 690. The first-order chi connectivity index (χ1) is 9.51. The van der Waals surface area contributed by atoms with Crippen molar-refractivity contribution in [2.75, 3.05) is 11.4 Å². The molecule has 21 heavy (non-hydrogen) atoms. The van der Waals surface area contributed by atoms with Crippen LogP contribution in [0, 0.1) is 0 Å². The third kappa shape index (κ3) is 3.14. The molecule has 0 aliphatic carbocycles. The van der Waals surface area contributed by atoms with Crippen LogP contribution in [0.1, 0.15) is 12.0 Å². The van der Waals surface area contributed by atoms with Crippen LogP contribution in [-0.2, 0) is 21.0 Å². The summed E-state index contributed by atoms with van der Waals surface area (Å²) in [6.45, 7) is -0.429. The minimum absolute atomic E-state index is 0.429. The number of hydrogen-bond acceptors (Lipinski definition) is 3. The van der Waals surface area contributed by atoms with Crippen molar-refractivity contribution in [2.24, 2.45) is 5.14 Å². The summed E-state index contributed by atoms with van der Waals surface area (Å²) in [5.41, 5.74) is -1.64. The Hall–Kier alpha value is -1.32. The van der Waals surface area contributed by atoms with Gasteiger partial charge in [-0.25, -0.2) is 13.6 Å². The van der Waals surface area contributed by atoms with E-state index in [9.17, 15) is 26.4 Å². The third-order valence-electron chi connectivity index (χ3n) is 3.12. The second kappa shape index (κ2) is 5.15. The maximum atomic E-state index is 13.1. The zero-order valence-corrected chi connectivity index (χ0v) is 12.0. The molecular weight excluding hydrogens is 333 g/mol. The summed E-state index contributed by atoms with van der Waals surface area (Å²) >= 11 is 5.57. The molecule has 0 spiro atoms. The number of benzene rings is 1. The first-order valence-electron chi connectivity index (χ1n) is 5.69. The van der Waals surface area contributed by atoms with Crippen LogP contribution in [0.2, 0.25) is 5.02 Å². The van der Waals surface area contributed by atoms with Gasteiger partial charge < -0.3 is 4.90 Å². The van der Waals surface area contributed by atoms with Gasteiger partial charge in [-0.3, -0.25) is 4.79 Å². The van der Waals surface area contributed by atoms with Crippen molar-refractivity contribution in [3.05, 3.63) is 28.8 Å². The van der Waals surface area contributed by atoms with Crippen LogP contribution in [0.3, 0.4) is 0 Å². The standard InChI is InChI=1S/C11H10ClF3N2O3S/c12-7-2-1-3-8(10(7)11(13,14)15)17-5-6(4-9(17)18)21(16,19)20/h1-3,6H,4-5H2,(H2,16,19,20). The number of anilines is 1. The summed E-state index contributed by atoms with van der Waals surface area (Å²) in [6.07, 6.45) is -5.23. The molecular formula is C11H10ClF3N2O3S. The molecule has 2 rings (SSSR count). The van der Waals surface area contributed by atoms with Gasteiger partial charge in [0.1, 0.15) is 5.25 Å². The Balaban J connectivity index is 2.49. The molecule has 0 saturated carbocycles. The van der Waals surface area contributed by atoms with Crippen molar-refractivity contribution in [1.82, 2.24) is 0 Å². The van der Waals surface area contributed by atoms with Crippen LogP contribution < -0.4 is 10.0 Å². The number of alkyl halides is 3. The van der Waals surface area contributed by atoms with E-state index in [1.54, 1.807) is 0 Å². The fourth-order valence-corrected chi connectivity index (χ4v) is 3.15. The first-order valence-corrected chi connectivity index (χ1v) is 7.68. The molecule has 1 fully saturated rings. The highest BCUT2D eigenvalue weighted by atomic mass is 35.5. The molecule has 116 valence electrons. The number of halogens is 4. The number of sulfonamides is 1. The highest BCUT2D eigenvalue weighted by Crippen LogP contribution is 2.42. The monoisotopic (exact) mass is 342 g/mol. The predicted molar refractivity (Wildman–Crippen MR) is 70.3 cm³/mol. The minimum atomic E-state index is -4.77. The lowest BCUT2D eigenvalue weighted by Crippen LogP contribution is -2.33. The molecule has 1 aliphatic heterocycles. The van der Waals surface area contributed by atoms with Crippen molar-refractivity contribution >= 4 is 33.2 Å². The van der Waals surface area contributed by atoms with Gasteiger partial charge >= 0.3 is 6.18 Å². The van der Waals surface area contributed by atoms with Gasteiger partial charge in [0.05, 0.1) is 16.3 Å². The first kappa shape index (κ1) is 16.1. The number of hydrogen-bond donors (Lipinski definition) is 1. The summed E-state index contributed by atoms with van der Waals surface area (Å²) in [4.78, 5) is 12.6. The molecule has 0 bridgehead atoms. The van der Waals surface area contributed by atoms with Crippen LogP contribution in [0.15, 0.2) is 18.2 Å². The summed E-state index contributed by atoms with van der Waals surface area (Å²) in [6, 6.07) is 3.37. The Morgan fingerprint density at radius 3 is 2.43 bits per heavy atom. The maximum Gasteiger partial charge on any atom is 0.419 e. The van der Waals surface area contributed by atoms with Gasteiger partial charge in [0.25, 0.3) is 0 Å². The number of nitrogens with zero attached hydrogens (tertiary/aromatic N) is 1. The minimum Gasteiger partial charge on any atom is -0.310 e. The van der Waals surface area contributed by atoms with Gasteiger partial charge in [-0.1, -0.05) is 17.7 Å².